The standard InChI is InChI=1S/C15H15N3S/c1-10-8-19-9-12(10)7-16-15-14-6-4-3-5-13(14)11(2)17-18-15/h3-6,8-9H,7H2,1-2H3,(H,16,18). The second kappa shape index (κ2) is 4.97. The zero-order valence-corrected chi connectivity index (χ0v) is 11.8. The van der Waals surface area contributed by atoms with E-state index >= 15 is 0 Å². The smallest absolute Gasteiger partial charge is 0.156 e. The van der Waals surface area contributed by atoms with Gasteiger partial charge in [-0.05, 0) is 35.7 Å². The van der Waals surface area contributed by atoms with Crippen LogP contribution in [0.4, 0.5) is 5.82 Å². The van der Waals surface area contributed by atoms with Gasteiger partial charge in [-0.1, -0.05) is 24.3 Å². The number of fused-ring (bicyclic) bond motifs is 1. The number of hydrogen-bond donors (Lipinski definition) is 1. The average molecular weight is 269 g/mol. The van der Waals surface area contributed by atoms with Crippen LogP contribution in [0.2, 0.25) is 0 Å². The van der Waals surface area contributed by atoms with Crippen molar-refractivity contribution in [3.8, 4) is 0 Å². The van der Waals surface area contributed by atoms with E-state index in [1.807, 2.05) is 19.1 Å². The summed E-state index contributed by atoms with van der Waals surface area (Å²) in [5, 5.41) is 18.5. The molecule has 0 amide bonds. The van der Waals surface area contributed by atoms with Crippen molar-refractivity contribution in [3.05, 3.63) is 51.8 Å². The van der Waals surface area contributed by atoms with Gasteiger partial charge in [-0.2, -0.15) is 16.4 Å². The molecule has 0 aliphatic carbocycles. The molecule has 4 heteroatoms. The number of nitrogens with one attached hydrogen (secondary N) is 1. The van der Waals surface area contributed by atoms with Crippen molar-refractivity contribution in [1.29, 1.82) is 0 Å². The lowest BCUT2D eigenvalue weighted by atomic mass is 10.1. The molecular weight excluding hydrogens is 254 g/mol. The Bertz CT molecular complexity index is 718. The van der Waals surface area contributed by atoms with Gasteiger partial charge >= 0.3 is 0 Å². The molecule has 96 valence electrons. The zero-order valence-electron chi connectivity index (χ0n) is 11.0. The maximum absolute atomic E-state index is 4.28. The number of benzene rings is 1. The quantitative estimate of drug-likeness (QED) is 0.783. The summed E-state index contributed by atoms with van der Waals surface area (Å²) in [6.45, 7) is 4.91. The number of hydrogen-bond acceptors (Lipinski definition) is 4. The molecule has 0 saturated carbocycles. The zero-order chi connectivity index (χ0) is 13.2. The van der Waals surface area contributed by atoms with Crippen LogP contribution in [0.5, 0.6) is 0 Å². The monoisotopic (exact) mass is 269 g/mol. The van der Waals surface area contributed by atoms with Crippen LogP contribution in [-0.4, -0.2) is 10.2 Å². The van der Waals surface area contributed by atoms with Gasteiger partial charge in [0.2, 0.25) is 0 Å². The predicted octanol–water partition coefficient (Wildman–Crippen LogP) is 3.92. The molecule has 3 aromatic rings. The fourth-order valence-corrected chi connectivity index (χ4v) is 2.97. The van der Waals surface area contributed by atoms with Gasteiger partial charge in [0.15, 0.2) is 5.82 Å². The molecule has 0 fully saturated rings. The third-order valence-electron chi connectivity index (χ3n) is 3.28. The number of anilines is 1. The maximum atomic E-state index is 4.28. The molecule has 0 aliphatic rings. The third kappa shape index (κ3) is 2.31. The molecule has 1 N–H and O–H groups in total. The van der Waals surface area contributed by atoms with Crippen LogP contribution in [0.15, 0.2) is 35.0 Å². The maximum Gasteiger partial charge on any atom is 0.156 e. The predicted molar refractivity (Wildman–Crippen MR) is 80.7 cm³/mol. The molecule has 0 atom stereocenters. The van der Waals surface area contributed by atoms with Crippen molar-refractivity contribution in [2.45, 2.75) is 20.4 Å². The fraction of sp³-hybridized carbons (Fsp3) is 0.200. The van der Waals surface area contributed by atoms with E-state index in [-0.39, 0.29) is 0 Å². The first-order valence-electron chi connectivity index (χ1n) is 6.23. The lowest BCUT2D eigenvalue weighted by molar-refractivity contribution is 0.982. The van der Waals surface area contributed by atoms with Gasteiger partial charge in [0, 0.05) is 17.3 Å². The summed E-state index contributed by atoms with van der Waals surface area (Å²) in [4.78, 5) is 0. The Kier molecular flexibility index (Phi) is 3.17. The van der Waals surface area contributed by atoms with E-state index in [0.717, 1.165) is 28.8 Å². The van der Waals surface area contributed by atoms with Crippen LogP contribution in [0.3, 0.4) is 0 Å². The lowest BCUT2D eigenvalue weighted by Crippen LogP contribution is -2.04. The Labute approximate surface area is 116 Å². The van der Waals surface area contributed by atoms with Crippen LogP contribution < -0.4 is 5.32 Å². The summed E-state index contributed by atoms with van der Waals surface area (Å²) in [7, 11) is 0. The van der Waals surface area contributed by atoms with E-state index in [1.165, 1.54) is 11.1 Å². The van der Waals surface area contributed by atoms with Crippen molar-refractivity contribution in [2.75, 3.05) is 5.32 Å². The molecular formula is C15H15N3S. The van der Waals surface area contributed by atoms with Gasteiger partial charge in [-0.3, -0.25) is 0 Å². The lowest BCUT2D eigenvalue weighted by Gasteiger charge is -2.09. The van der Waals surface area contributed by atoms with E-state index in [1.54, 1.807) is 11.3 Å². The van der Waals surface area contributed by atoms with Crippen molar-refractivity contribution in [1.82, 2.24) is 10.2 Å². The number of rotatable bonds is 3. The van der Waals surface area contributed by atoms with Gasteiger partial charge in [-0.15, -0.1) is 5.10 Å². The van der Waals surface area contributed by atoms with Crippen molar-refractivity contribution in [2.24, 2.45) is 0 Å². The summed E-state index contributed by atoms with van der Waals surface area (Å²) < 4.78 is 0. The van der Waals surface area contributed by atoms with Crippen LogP contribution in [0.1, 0.15) is 16.8 Å². The molecule has 3 rings (SSSR count). The topological polar surface area (TPSA) is 37.8 Å². The third-order valence-corrected chi connectivity index (χ3v) is 4.19. The minimum absolute atomic E-state index is 0.789. The highest BCUT2D eigenvalue weighted by atomic mass is 32.1. The summed E-state index contributed by atoms with van der Waals surface area (Å²) in [5.41, 5.74) is 3.60. The minimum Gasteiger partial charge on any atom is -0.364 e. The highest BCUT2D eigenvalue weighted by Gasteiger charge is 2.06. The summed E-state index contributed by atoms with van der Waals surface area (Å²) in [6, 6.07) is 8.23. The second-order valence-corrected chi connectivity index (χ2v) is 5.36. The highest BCUT2D eigenvalue weighted by molar-refractivity contribution is 7.08. The first-order valence-corrected chi connectivity index (χ1v) is 7.17. The molecule has 19 heavy (non-hydrogen) atoms. The summed E-state index contributed by atoms with van der Waals surface area (Å²) >= 11 is 1.73. The Balaban J connectivity index is 1.93. The molecule has 3 nitrogen and oxygen atoms in total. The van der Waals surface area contributed by atoms with E-state index in [2.05, 4.69) is 45.3 Å². The largest absolute Gasteiger partial charge is 0.364 e. The van der Waals surface area contributed by atoms with E-state index in [0.29, 0.717) is 0 Å². The Morgan fingerprint density at radius 1 is 1.05 bits per heavy atom. The number of nitrogens with zero attached hydrogens (tertiary/aromatic N) is 2. The van der Waals surface area contributed by atoms with Gasteiger partial charge in [0.05, 0.1) is 5.69 Å². The van der Waals surface area contributed by atoms with Crippen molar-refractivity contribution >= 4 is 27.9 Å². The van der Waals surface area contributed by atoms with Crippen LogP contribution >= 0.6 is 11.3 Å². The van der Waals surface area contributed by atoms with E-state index in [4.69, 9.17) is 0 Å². The van der Waals surface area contributed by atoms with Gasteiger partial charge in [0.25, 0.3) is 0 Å². The Hall–Kier alpha value is -1.94. The normalized spacial score (nSPS) is 10.8. The number of aryl methyl sites for hydroxylation is 2. The molecule has 1 aromatic carbocycles. The Morgan fingerprint density at radius 3 is 2.58 bits per heavy atom. The summed E-state index contributed by atoms with van der Waals surface area (Å²) in [6.07, 6.45) is 0. The van der Waals surface area contributed by atoms with Gasteiger partial charge in [0.1, 0.15) is 0 Å². The van der Waals surface area contributed by atoms with Crippen LogP contribution in [0, 0.1) is 13.8 Å². The van der Waals surface area contributed by atoms with E-state index < -0.39 is 0 Å². The number of aromatic nitrogens is 2. The molecule has 2 heterocycles. The summed E-state index contributed by atoms with van der Waals surface area (Å²) in [5.74, 6) is 0.854. The highest BCUT2D eigenvalue weighted by Crippen LogP contribution is 2.23. The first kappa shape index (κ1) is 12.1. The molecule has 0 spiro atoms. The molecule has 0 saturated heterocycles. The number of thiophene rings is 1. The first-order chi connectivity index (χ1) is 9.25. The fourth-order valence-electron chi connectivity index (χ4n) is 2.12. The average Bonchev–Trinajstić information content (AvgIpc) is 2.84. The molecule has 0 aliphatic heterocycles. The molecule has 2 aromatic heterocycles. The van der Waals surface area contributed by atoms with E-state index in [9.17, 15) is 0 Å². The van der Waals surface area contributed by atoms with Crippen molar-refractivity contribution < 1.29 is 0 Å². The molecule has 0 bridgehead atoms. The Morgan fingerprint density at radius 2 is 1.84 bits per heavy atom. The molecule has 0 unspecified atom stereocenters. The van der Waals surface area contributed by atoms with Gasteiger partial charge < -0.3 is 5.32 Å². The van der Waals surface area contributed by atoms with Crippen LogP contribution in [-0.2, 0) is 6.54 Å². The van der Waals surface area contributed by atoms with Crippen LogP contribution in [0.25, 0.3) is 10.8 Å². The van der Waals surface area contributed by atoms with Crippen molar-refractivity contribution in [3.63, 3.8) is 0 Å². The molecule has 0 radical (unpaired) electrons. The van der Waals surface area contributed by atoms with Gasteiger partial charge in [-0.25, -0.2) is 0 Å². The minimum atomic E-state index is 0.789. The second-order valence-electron chi connectivity index (χ2n) is 4.61. The SMILES string of the molecule is Cc1cscc1CNc1nnc(C)c2ccccc12.